The maximum absolute atomic E-state index is 12.6. The van der Waals surface area contributed by atoms with Crippen LogP contribution in [0.25, 0.3) is 0 Å². The number of tetrazole rings is 1. The van der Waals surface area contributed by atoms with Crippen molar-refractivity contribution in [1.82, 2.24) is 24.8 Å². The molecule has 3 aromatic rings. The minimum atomic E-state index is 0.117. The number of carbonyl (C=O) groups excluding carboxylic acids is 1. The van der Waals surface area contributed by atoms with Crippen LogP contribution in [-0.4, -0.2) is 36.3 Å². The largest absolute Gasteiger partial charge is 0.348 e. The standard InChI is InChI=1S/C17H21N5OS2/c1-4-7-21-12(2)9-15(13(21)3)16(23)11-25-17-18-19-20-22(17)10-14-6-5-8-24-14/h5-6,8-9H,4,7,10-11H2,1-3H3. The zero-order valence-corrected chi connectivity index (χ0v) is 16.2. The molecule has 0 saturated heterocycles. The van der Waals surface area contributed by atoms with Crippen molar-refractivity contribution < 1.29 is 4.79 Å². The van der Waals surface area contributed by atoms with Crippen molar-refractivity contribution in [3.8, 4) is 0 Å². The third-order valence-corrected chi connectivity index (χ3v) is 5.86. The molecule has 0 fully saturated rings. The van der Waals surface area contributed by atoms with E-state index in [9.17, 15) is 4.79 Å². The summed E-state index contributed by atoms with van der Waals surface area (Å²) < 4.78 is 3.95. The number of carbonyl (C=O) groups is 1. The second-order valence-corrected chi connectivity index (χ2v) is 7.82. The van der Waals surface area contributed by atoms with Gasteiger partial charge in [-0.15, -0.1) is 16.4 Å². The normalized spacial score (nSPS) is 11.2. The summed E-state index contributed by atoms with van der Waals surface area (Å²) in [4.78, 5) is 13.8. The number of hydrogen-bond acceptors (Lipinski definition) is 6. The van der Waals surface area contributed by atoms with Crippen molar-refractivity contribution in [2.75, 3.05) is 5.75 Å². The summed E-state index contributed by atoms with van der Waals surface area (Å²) in [5, 5.41) is 14.5. The first-order valence-electron chi connectivity index (χ1n) is 8.21. The van der Waals surface area contributed by atoms with Crippen molar-refractivity contribution in [3.05, 3.63) is 45.4 Å². The lowest BCUT2D eigenvalue weighted by Crippen LogP contribution is -2.08. The number of hydrogen-bond donors (Lipinski definition) is 0. The lowest BCUT2D eigenvalue weighted by molar-refractivity contribution is 0.102. The minimum Gasteiger partial charge on any atom is -0.348 e. The van der Waals surface area contributed by atoms with Crippen LogP contribution in [0.5, 0.6) is 0 Å². The minimum absolute atomic E-state index is 0.117. The number of Topliss-reactive ketones (excluding diaryl/α,β-unsaturated/α-hetero) is 1. The average molecular weight is 376 g/mol. The van der Waals surface area contributed by atoms with Gasteiger partial charge in [-0.2, -0.15) is 0 Å². The molecule has 0 aromatic carbocycles. The van der Waals surface area contributed by atoms with E-state index in [0.29, 0.717) is 17.5 Å². The average Bonchev–Trinajstić information content (AvgIpc) is 3.31. The molecule has 0 radical (unpaired) electrons. The molecule has 0 bridgehead atoms. The fourth-order valence-electron chi connectivity index (χ4n) is 2.81. The molecule has 6 nitrogen and oxygen atoms in total. The Morgan fingerprint density at radius 1 is 1.36 bits per heavy atom. The van der Waals surface area contributed by atoms with Crippen LogP contribution in [0, 0.1) is 13.8 Å². The predicted octanol–water partition coefficient (Wildman–Crippen LogP) is 3.59. The summed E-state index contributed by atoms with van der Waals surface area (Å²) in [6.45, 7) is 7.78. The van der Waals surface area contributed by atoms with Gasteiger partial charge in [-0.25, -0.2) is 4.68 Å². The molecule has 0 spiro atoms. The number of thiophene rings is 1. The van der Waals surface area contributed by atoms with E-state index in [1.807, 2.05) is 31.4 Å². The predicted molar refractivity (Wildman–Crippen MR) is 100 cm³/mol. The van der Waals surface area contributed by atoms with E-state index in [4.69, 9.17) is 0 Å². The molecule has 3 aromatic heterocycles. The van der Waals surface area contributed by atoms with Crippen LogP contribution >= 0.6 is 23.1 Å². The molecule has 0 saturated carbocycles. The lowest BCUT2D eigenvalue weighted by atomic mass is 10.2. The molecule has 8 heteroatoms. The van der Waals surface area contributed by atoms with E-state index in [0.717, 1.165) is 29.9 Å². The monoisotopic (exact) mass is 375 g/mol. The molecule has 0 aliphatic carbocycles. The van der Waals surface area contributed by atoms with Crippen LogP contribution in [0.3, 0.4) is 0 Å². The summed E-state index contributed by atoms with van der Waals surface area (Å²) >= 11 is 3.06. The van der Waals surface area contributed by atoms with Gasteiger partial charge in [0.25, 0.3) is 0 Å². The first-order valence-corrected chi connectivity index (χ1v) is 10.1. The molecule has 3 heterocycles. The maximum Gasteiger partial charge on any atom is 0.210 e. The lowest BCUT2D eigenvalue weighted by Gasteiger charge is -2.07. The molecule has 0 amide bonds. The summed E-state index contributed by atoms with van der Waals surface area (Å²) in [6.07, 6.45) is 1.05. The molecule has 3 rings (SSSR count). The fourth-order valence-corrected chi connectivity index (χ4v) is 4.25. The van der Waals surface area contributed by atoms with Crippen LogP contribution in [-0.2, 0) is 13.1 Å². The van der Waals surface area contributed by atoms with E-state index >= 15 is 0 Å². The molecule has 132 valence electrons. The van der Waals surface area contributed by atoms with Gasteiger partial charge in [0.05, 0.1) is 12.3 Å². The molecule has 0 N–H and O–H groups in total. The van der Waals surface area contributed by atoms with E-state index in [1.54, 1.807) is 16.0 Å². The fraction of sp³-hybridized carbons (Fsp3) is 0.412. The van der Waals surface area contributed by atoms with E-state index in [1.165, 1.54) is 16.6 Å². The maximum atomic E-state index is 12.6. The summed E-state index contributed by atoms with van der Waals surface area (Å²) in [7, 11) is 0. The Bertz CT molecular complexity index is 851. The van der Waals surface area contributed by atoms with Gasteiger partial charge in [0.2, 0.25) is 5.16 Å². The van der Waals surface area contributed by atoms with Crippen molar-refractivity contribution in [3.63, 3.8) is 0 Å². The Morgan fingerprint density at radius 3 is 2.92 bits per heavy atom. The highest BCUT2D eigenvalue weighted by Gasteiger charge is 2.17. The van der Waals surface area contributed by atoms with E-state index < -0.39 is 0 Å². The number of rotatable bonds is 8. The topological polar surface area (TPSA) is 65.6 Å². The Morgan fingerprint density at radius 2 is 2.20 bits per heavy atom. The van der Waals surface area contributed by atoms with Crippen molar-refractivity contribution in [1.29, 1.82) is 0 Å². The highest BCUT2D eigenvalue weighted by Crippen LogP contribution is 2.21. The van der Waals surface area contributed by atoms with E-state index in [-0.39, 0.29) is 5.78 Å². The van der Waals surface area contributed by atoms with Crippen LogP contribution in [0.1, 0.15) is 40.0 Å². The third-order valence-electron chi connectivity index (χ3n) is 4.04. The Hall–Kier alpha value is -1.93. The molecule has 0 atom stereocenters. The molecule has 25 heavy (non-hydrogen) atoms. The van der Waals surface area contributed by atoms with Crippen molar-refractivity contribution >= 4 is 28.9 Å². The van der Waals surface area contributed by atoms with Gasteiger partial charge >= 0.3 is 0 Å². The number of aryl methyl sites for hydroxylation is 1. The van der Waals surface area contributed by atoms with Crippen molar-refractivity contribution in [2.45, 2.75) is 45.4 Å². The zero-order chi connectivity index (χ0) is 17.8. The molecular formula is C17H21N5OS2. The Balaban J connectivity index is 1.67. The smallest absolute Gasteiger partial charge is 0.210 e. The molecular weight excluding hydrogens is 354 g/mol. The van der Waals surface area contributed by atoms with Gasteiger partial charge in [0, 0.05) is 28.4 Å². The van der Waals surface area contributed by atoms with Gasteiger partial charge in [0.1, 0.15) is 0 Å². The first-order chi connectivity index (χ1) is 12.1. The number of ketones is 1. The van der Waals surface area contributed by atoms with Gasteiger partial charge in [0.15, 0.2) is 5.78 Å². The summed E-state index contributed by atoms with van der Waals surface area (Å²) in [5.74, 6) is 0.451. The van der Waals surface area contributed by atoms with Gasteiger partial charge in [-0.3, -0.25) is 4.79 Å². The summed E-state index contributed by atoms with van der Waals surface area (Å²) in [6, 6.07) is 6.05. The number of nitrogens with zero attached hydrogens (tertiary/aromatic N) is 5. The SMILES string of the molecule is CCCn1c(C)cc(C(=O)CSc2nnnn2Cc2cccs2)c1C. The Kier molecular flexibility index (Phi) is 5.70. The molecule has 0 aliphatic heterocycles. The van der Waals surface area contributed by atoms with Gasteiger partial charge < -0.3 is 4.57 Å². The quantitative estimate of drug-likeness (QED) is 0.445. The van der Waals surface area contributed by atoms with Crippen LogP contribution in [0.15, 0.2) is 28.7 Å². The zero-order valence-electron chi connectivity index (χ0n) is 14.6. The van der Waals surface area contributed by atoms with Crippen LogP contribution in [0.4, 0.5) is 0 Å². The molecule has 0 aliphatic rings. The van der Waals surface area contributed by atoms with Crippen LogP contribution < -0.4 is 0 Å². The third kappa shape index (κ3) is 4.01. The van der Waals surface area contributed by atoms with Crippen molar-refractivity contribution in [2.24, 2.45) is 0 Å². The summed E-state index contributed by atoms with van der Waals surface area (Å²) in [5.41, 5.74) is 2.98. The molecule has 0 unspecified atom stereocenters. The van der Waals surface area contributed by atoms with E-state index in [2.05, 4.69) is 33.1 Å². The van der Waals surface area contributed by atoms with Gasteiger partial charge in [-0.05, 0) is 48.2 Å². The highest BCUT2D eigenvalue weighted by molar-refractivity contribution is 7.99. The second-order valence-electron chi connectivity index (χ2n) is 5.85. The Labute approximate surface area is 155 Å². The number of aromatic nitrogens is 5. The highest BCUT2D eigenvalue weighted by atomic mass is 32.2. The first kappa shape index (κ1) is 17.9. The van der Waals surface area contributed by atoms with Gasteiger partial charge in [-0.1, -0.05) is 24.8 Å². The second kappa shape index (κ2) is 7.97. The number of thioether (sulfide) groups is 1. The van der Waals surface area contributed by atoms with Crippen LogP contribution in [0.2, 0.25) is 0 Å².